The molecule has 0 aliphatic carbocycles. The number of aliphatic hydroxyl groups excluding tert-OH is 2. The summed E-state index contributed by atoms with van der Waals surface area (Å²) in [7, 11) is 0. The van der Waals surface area contributed by atoms with E-state index in [0.29, 0.717) is 0 Å². The SMILES string of the molecule is CC(=O)OCC(CO)OC(=O)OC(C)(C)CC(O)COC(C)C. The zero-order valence-corrected chi connectivity index (χ0v) is 14.4. The van der Waals surface area contributed by atoms with Gasteiger partial charge in [0.25, 0.3) is 0 Å². The molecule has 23 heavy (non-hydrogen) atoms. The first kappa shape index (κ1) is 21.6. The van der Waals surface area contributed by atoms with E-state index >= 15 is 0 Å². The number of hydrogen-bond donors (Lipinski definition) is 2. The minimum atomic E-state index is -1.02. The molecule has 0 aliphatic heterocycles. The minimum Gasteiger partial charge on any atom is -0.462 e. The third kappa shape index (κ3) is 11.8. The van der Waals surface area contributed by atoms with Crippen LogP contribution in [0.1, 0.15) is 41.0 Å². The van der Waals surface area contributed by atoms with Gasteiger partial charge in [-0.05, 0) is 27.7 Å². The van der Waals surface area contributed by atoms with E-state index in [1.165, 1.54) is 6.92 Å². The molecule has 2 unspecified atom stereocenters. The van der Waals surface area contributed by atoms with E-state index in [4.69, 9.17) is 19.3 Å². The first-order valence-corrected chi connectivity index (χ1v) is 7.49. The van der Waals surface area contributed by atoms with Crippen molar-refractivity contribution >= 4 is 12.1 Å². The van der Waals surface area contributed by atoms with Crippen molar-refractivity contribution in [2.24, 2.45) is 0 Å². The molecule has 0 heterocycles. The van der Waals surface area contributed by atoms with Crippen molar-refractivity contribution in [1.29, 1.82) is 0 Å². The molecule has 0 spiro atoms. The normalized spacial score (nSPS) is 14.3. The maximum atomic E-state index is 11.7. The van der Waals surface area contributed by atoms with Crippen molar-refractivity contribution in [3.63, 3.8) is 0 Å². The highest BCUT2D eigenvalue weighted by atomic mass is 16.7. The van der Waals surface area contributed by atoms with Gasteiger partial charge in [-0.2, -0.15) is 0 Å². The standard InChI is InChI=1S/C15H28O8/c1-10(2)20-8-12(18)6-15(4,5)23-14(19)22-13(7-16)9-21-11(3)17/h10,12-13,16,18H,6-9H2,1-5H3. The number of ether oxygens (including phenoxy) is 4. The number of carbonyl (C=O) groups is 2. The lowest BCUT2D eigenvalue weighted by atomic mass is 10.0. The fourth-order valence-corrected chi connectivity index (χ4v) is 1.69. The van der Waals surface area contributed by atoms with Crippen molar-refractivity contribution in [3.05, 3.63) is 0 Å². The highest BCUT2D eigenvalue weighted by molar-refractivity contribution is 5.66. The smallest absolute Gasteiger partial charge is 0.462 e. The van der Waals surface area contributed by atoms with Gasteiger partial charge in [0.15, 0.2) is 6.10 Å². The van der Waals surface area contributed by atoms with Crippen LogP contribution in [0.3, 0.4) is 0 Å². The van der Waals surface area contributed by atoms with E-state index in [-0.39, 0.29) is 25.7 Å². The van der Waals surface area contributed by atoms with E-state index < -0.39 is 36.5 Å². The summed E-state index contributed by atoms with van der Waals surface area (Å²) >= 11 is 0. The Labute approximate surface area is 136 Å². The molecule has 0 aromatic rings. The van der Waals surface area contributed by atoms with Gasteiger partial charge in [-0.25, -0.2) is 4.79 Å². The summed E-state index contributed by atoms with van der Waals surface area (Å²) in [6.07, 6.45) is -2.67. The van der Waals surface area contributed by atoms with Crippen LogP contribution >= 0.6 is 0 Å². The topological polar surface area (TPSA) is 112 Å². The lowest BCUT2D eigenvalue weighted by Crippen LogP contribution is -2.37. The molecule has 0 radical (unpaired) electrons. The molecule has 0 fully saturated rings. The van der Waals surface area contributed by atoms with E-state index in [1.807, 2.05) is 13.8 Å². The summed E-state index contributed by atoms with van der Waals surface area (Å²) in [5.41, 5.74) is -0.988. The zero-order valence-electron chi connectivity index (χ0n) is 14.4. The fraction of sp³-hybridized carbons (Fsp3) is 0.867. The average molecular weight is 336 g/mol. The maximum absolute atomic E-state index is 11.7. The Morgan fingerprint density at radius 1 is 1.17 bits per heavy atom. The second-order valence-electron chi connectivity index (χ2n) is 6.08. The van der Waals surface area contributed by atoms with Gasteiger partial charge < -0.3 is 29.2 Å². The van der Waals surface area contributed by atoms with Crippen LogP contribution in [0.5, 0.6) is 0 Å². The quantitative estimate of drug-likeness (QED) is 0.569. The Hall–Kier alpha value is -1.38. The van der Waals surface area contributed by atoms with E-state index in [1.54, 1.807) is 13.8 Å². The van der Waals surface area contributed by atoms with Gasteiger partial charge in [0, 0.05) is 13.3 Å². The number of aliphatic hydroxyl groups is 2. The summed E-state index contributed by atoms with van der Waals surface area (Å²) in [6, 6.07) is 0. The van der Waals surface area contributed by atoms with Crippen LogP contribution in [0.25, 0.3) is 0 Å². The first-order valence-electron chi connectivity index (χ1n) is 7.49. The Kier molecular flexibility index (Phi) is 9.78. The van der Waals surface area contributed by atoms with Gasteiger partial charge in [0.2, 0.25) is 0 Å². The Morgan fingerprint density at radius 3 is 2.26 bits per heavy atom. The van der Waals surface area contributed by atoms with Gasteiger partial charge in [-0.1, -0.05) is 0 Å². The molecule has 2 N–H and O–H groups in total. The molecule has 0 saturated heterocycles. The van der Waals surface area contributed by atoms with Crippen LogP contribution in [0.4, 0.5) is 4.79 Å². The number of rotatable bonds is 10. The summed E-state index contributed by atoms with van der Waals surface area (Å²) < 4.78 is 19.9. The van der Waals surface area contributed by atoms with Crippen LogP contribution < -0.4 is 0 Å². The molecule has 136 valence electrons. The van der Waals surface area contributed by atoms with Gasteiger partial charge >= 0.3 is 12.1 Å². The number of carbonyl (C=O) groups excluding carboxylic acids is 2. The third-order valence-electron chi connectivity index (χ3n) is 2.65. The molecule has 8 nitrogen and oxygen atoms in total. The van der Waals surface area contributed by atoms with Gasteiger partial charge in [-0.3, -0.25) is 4.79 Å². The molecule has 2 atom stereocenters. The fourth-order valence-electron chi connectivity index (χ4n) is 1.69. The molecule has 0 aromatic heterocycles. The van der Waals surface area contributed by atoms with Crippen LogP contribution in [-0.2, 0) is 23.7 Å². The van der Waals surface area contributed by atoms with E-state index in [9.17, 15) is 14.7 Å². The molecular formula is C15H28O8. The lowest BCUT2D eigenvalue weighted by Gasteiger charge is -2.28. The van der Waals surface area contributed by atoms with Crippen molar-refractivity contribution in [2.45, 2.75) is 65.0 Å². The van der Waals surface area contributed by atoms with Crippen molar-refractivity contribution < 1.29 is 38.7 Å². The highest BCUT2D eigenvalue weighted by Gasteiger charge is 2.29. The molecular weight excluding hydrogens is 308 g/mol. The van der Waals surface area contributed by atoms with Crippen LogP contribution in [0.15, 0.2) is 0 Å². The third-order valence-corrected chi connectivity index (χ3v) is 2.65. The van der Waals surface area contributed by atoms with Gasteiger partial charge in [-0.15, -0.1) is 0 Å². The molecule has 0 bridgehead atoms. The summed E-state index contributed by atoms with van der Waals surface area (Å²) in [4.78, 5) is 22.4. The van der Waals surface area contributed by atoms with Crippen LogP contribution in [-0.4, -0.2) is 66.1 Å². The number of esters is 1. The predicted octanol–water partition coefficient (Wildman–Crippen LogP) is 1.02. The van der Waals surface area contributed by atoms with Crippen molar-refractivity contribution in [2.75, 3.05) is 19.8 Å². The van der Waals surface area contributed by atoms with Crippen LogP contribution in [0, 0.1) is 0 Å². The summed E-state index contributed by atoms with van der Waals surface area (Å²) in [5.74, 6) is -0.547. The monoisotopic (exact) mass is 336 g/mol. The molecule has 0 aliphatic rings. The van der Waals surface area contributed by atoms with Gasteiger partial charge in [0.1, 0.15) is 12.2 Å². The first-order chi connectivity index (χ1) is 10.6. The van der Waals surface area contributed by atoms with Crippen LogP contribution in [0.2, 0.25) is 0 Å². The minimum absolute atomic E-state index is 0.00904. The second kappa shape index (κ2) is 10.4. The lowest BCUT2D eigenvalue weighted by molar-refractivity contribution is -0.146. The van der Waals surface area contributed by atoms with Crippen molar-refractivity contribution in [3.8, 4) is 0 Å². The maximum Gasteiger partial charge on any atom is 0.509 e. The predicted molar refractivity (Wildman–Crippen MR) is 80.9 cm³/mol. The summed E-state index contributed by atoms with van der Waals surface area (Å²) in [5, 5.41) is 18.9. The largest absolute Gasteiger partial charge is 0.509 e. The molecule has 0 amide bonds. The molecule has 0 rings (SSSR count). The van der Waals surface area contributed by atoms with Crippen molar-refractivity contribution in [1.82, 2.24) is 0 Å². The Bertz CT molecular complexity index is 366. The Morgan fingerprint density at radius 2 is 1.78 bits per heavy atom. The second-order valence-corrected chi connectivity index (χ2v) is 6.08. The van der Waals surface area contributed by atoms with E-state index in [0.717, 1.165) is 0 Å². The van der Waals surface area contributed by atoms with E-state index in [2.05, 4.69) is 4.74 Å². The molecule has 0 saturated carbocycles. The average Bonchev–Trinajstić information content (AvgIpc) is 2.39. The zero-order chi connectivity index (χ0) is 18.0. The van der Waals surface area contributed by atoms with Gasteiger partial charge in [0.05, 0.1) is 25.4 Å². The Balaban J connectivity index is 4.30. The summed E-state index contributed by atoms with van der Waals surface area (Å²) in [6.45, 7) is 7.51. The number of hydrogen-bond acceptors (Lipinski definition) is 8. The molecule has 8 heteroatoms. The highest BCUT2D eigenvalue weighted by Crippen LogP contribution is 2.19. The molecule has 0 aromatic carbocycles.